The van der Waals surface area contributed by atoms with Gasteiger partial charge in [-0.05, 0) is 67.1 Å². The van der Waals surface area contributed by atoms with Crippen molar-refractivity contribution in [3.63, 3.8) is 0 Å². The van der Waals surface area contributed by atoms with Crippen molar-refractivity contribution in [2.24, 2.45) is 11.8 Å². The molecule has 0 amide bonds. The third-order valence-corrected chi connectivity index (χ3v) is 5.10. The molecule has 17 heavy (non-hydrogen) atoms. The topological polar surface area (TPSA) is 0 Å². The maximum absolute atomic E-state index is 2.46. The van der Waals surface area contributed by atoms with E-state index in [-0.39, 0.29) is 0 Å². The SMILES string of the molecule is Cc1ccc(C2(C)CCC(C)C(C)C2)cc1C. The van der Waals surface area contributed by atoms with Crippen LogP contribution in [-0.4, -0.2) is 0 Å². The maximum Gasteiger partial charge on any atom is -0.00724 e. The molecule has 1 aliphatic carbocycles. The fourth-order valence-electron chi connectivity index (χ4n) is 3.22. The van der Waals surface area contributed by atoms with Crippen molar-refractivity contribution in [3.05, 3.63) is 34.9 Å². The van der Waals surface area contributed by atoms with Crippen LogP contribution >= 0.6 is 0 Å². The van der Waals surface area contributed by atoms with E-state index < -0.39 is 0 Å². The largest absolute Gasteiger partial charge is 0.0623 e. The standard InChI is InChI=1S/C17H26/c1-12-6-7-16(10-14(12)3)17(5)9-8-13(2)15(4)11-17/h6-7,10,13,15H,8-9,11H2,1-5H3. The van der Waals surface area contributed by atoms with Gasteiger partial charge in [0.15, 0.2) is 0 Å². The summed E-state index contributed by atoms with van der Waals surface area (Å²) in [5.41, 5.74) is 4.81. The molecular weight excluding hydrogens is 204 g/mol. The van der Waals surface area contributed by atoms with Crippen LogP contribution in [0.5, 0.6) is 0 Å². The summed E-state index contributed by atoms with van der Waals surface area (Å²) in [6.45, 7) is 11.7. The molecule has 0 N–H and O–H groups in total. The van der Waals surface area contributed by atoms with Gasteiger partial charge < -0.3 is 0 Å². The van der Waals surface area contributed by atoms with Gasteiger partial charge in [-0.25, -0.2) is 0 Å². The fraction of sp³-hybridized carbons (Fsp3) is 0.647. The summed E-state index contributed by atoms with van der Waals surface area (Å²) in [6.07, 6.45) is 4.07. The molecule has 0 radical (unpaired) electrons. The number of hydrogen-bond donors (Lipinski definition) is 0. The Balaban J connectivity index is 2.29. The fourth-order valence-corrected chi connectivity index (χ4v) is 3.22. The van der Waals surface area contributed by atoms with E-state index >= 15 is 0 Å². The van der Waals surface area contributed by atoms with Gasteiger partial charge in [0.25, 0.3) is 0 Å². The van der Waals surface area contributed by atoms with Crippen LogP contribution in [0.1, 0.15) is 56.7 Å². The molecule has 0 nitrogen and oxygen atoms in total. The first kappa shape index (κ1) is 12.7. The molecule has 3 unspecified atom stereocenters. The molecule has 0 spiro atoms. The summed E-state index contributed by atoms with van der Waals surface area (Å²) in [5.74, 6) is 1.75. The second-order valence-electron chi connectivity index (χ2n) is 6.56. The lowest BCUT2D eigenvalue weighted by Gasteiger charge is -2.41. The molecule has 1 fully saturated rings. The van der Waals surface area contributed by atoms with Crippen molar-refractivity contribution in [1.29, 1.82) is 0 Å². The minimum atomic E-state index is 0.407. The Hall–Kier alpha value is -0.780. The number of hydrogen-bond acceptors (Lipinski definition) is 0. The average Bonchev–Trinajstić information content (AvgIpc) is 2.28. The summed E-state index contributed by atoms with van der Waals surface area (Å²) >= 11 is 0. The quantitative estimate of drug-likeness (QED) is 0.635. The van der Waals surface area contributed by atoms with Gasteiger partial charge in [-0.2, -0.15) is 0 Å². The molecule has 3 atom stereocenters. The third kappa shape index (κ3) is 2.41. The highest BCUT2D eigenvalue weighted by molar-refractivity contribution is 5.34. The monoisotopic (exact) mass is 230 g/mol. The van der Waals surface area contributed by atoms with Crippen LogP contribution in [0.15, 0.2) is 18.2 Å². The number of rotatable bonds is 1. The molecule has 1 aromatic carbocycles. The Morgan fingerprint density at radius 1 is 1.06 bits per heavy atom. The first-order valence-corrected chi connectivity index (χ1v) is 7.00. The van der Waals surface area contributed by atoms with Crippen LogP contribution in [0.2, 0.25) is 0 Å². The van der Waals surface area contributed by atoms with Crippen LogP contribution in [0.25, 0.3) is 0 Å². The lowest BCUT2D eigenvalue weighted by Crippen LogP contribution is -2.32. The van der Waals surface area contributed by atoms with Crippen molar-refractivity contribution >= 4 is 0 Å². The minimum absolute atomic E-state index is 0.407. The van der Waals surface area contributed by atoms with Crippen molar-refractivity contribution in [2.45, 2.75) is 59.3 Å². The number of benzene rings is 1. The van der Waals surface area contributed by atoms with Crippen LogP contribution in [0.3, 0.4) is 0 Å². The van der Waals surface area contributed by atoms with Gasteiger partial charge in [0, 0.05) is 0 Å². The summed E-state index contributed by atoms with van der Waals surface area (Å²) in [5, 5.41) is 0. The van der Waals surface area contributed by atoms with E-state index in [4.69, 9.17) is 0 Å². The molecular formula is C17H26. The van der Waals surface area contributed by atoms with Crippen molar-refractivity contribution in [3.8, 4) is 0 Å². The van der Waals surface area contributed by atoms with Crippen LogP contribution < -0.4 is 0 Å². The molecule has 0 bridgehead atoms. The Labute approximate surface area is 106 Å². The summed E-state index contributed by atoms with van der Waals surface area (Å²) in [4.78, 5) is 0. The third-order valence-electron chi connectivity index (χ3n) is 5.10. The summed E-state index contributed by atoms with van der Waals surface area (Å²) < 4.78 is 0. The van der Waals surface area contributed by atoms with Crippen molar-refractivity contribution < 1.29 is 0 Å². The van der Waals surface area contributed by atoms with Gasteiger partial charge in [0.2, 0.25) is 0 Å². The van der Waals surface area contributed by atoms with Crippen molar-refractivity contribution in [2.75, 3.05) is 0 Å². The van der Waals surface area contributed by atoms with Crippen LogP contribution in [0.4, 0.5) is 0 Å². The maximum atomic E-state index is 2.46. The molecule has 0 aromatic heterocycles. The van der Waals surface area contributed by atoms with Crippen molar-refractivity contribution in [1.82, 2.24) is 0 Å². The highest BCUT2D eigenvalue weighted by Gasteiger charge is 2.35. The zero-order chi connectivity index (χ0) is 12.6. The lowest BCUT2D eigenvalue weighted by molar-refractivity contribution is 0.186. The first-order chi connectivity index (χ1) is 7.92. The molecule has 1 aromatic rings. The van der Waals surface area contributed by atoms with Gasteiger partial charge >= 0.3 is 0 Å². The van der Waals surface area contributed by atoms with E-state index in [1.807, 2.05) is 0 Å². The van der Waals surface area contributed by atoms with E-state index in [1.165, 1.54) is 30.4 Å². The summed E-state index contributed by atoms with van der Waals surface area (Å²) in [7, 11) is 0. The van der Waals surface area contributed by atoms with Crippen LogP contribution in [-0.2, 0) is 5.41 Å². The highest BCUT2D eigenvalue weighted by atomic mass is 14.4. The zero-order valence-corrected chi connectivity index (χ0v) is 12.0. The molecule has 0 saturated heterocycles. The predicted octanol–water partition coefficient (Wildman–Crippen LogP) is 5.02. The average molecular weight is 230 g/mol. The zero-order valence-electron chi connectivity index (χ0n) is 12.0. The highest BCUT2D eigenvalue weighted by Crippen LogP contribution is 2.44. The molecule has 94 valence electrons. The van der Waals surface area contributed by atoms with E-state index in [1.54, 1.807) is 5.56 Å². The Morgan fingerprint density at radius 3 is 2.35 bits per heavy atom. The van der Waals surface area contributed by atoms with E-state index in [2.05, 4.69) is 52.8 Å². The summed E-state index contributed by atoms with van der Waals surface area (Å²) in [6, 6.07) is 7.06. The minimum Gasteiger partial charge on any atom is -0.0623 e. The lowest BCUT2D eigenvalue weighted by atomic mass is 9.64. The molecule has 1 aliphatic rings. The Kier molecular flexibility index (Phi) is 3.34. The molecule has 0 heterocycles. The van der Waals surface area contributed by atoms with Gasteiger partial charge in [0.05, 0.1) is 0 Å². The smallest absolute Gasteiger partial charge is 0.00724 e. The second-order valence-corrected chi connectivity index (χ2v) is 6.56. The Bertz CT molecular complexity index is 404. The molecule has 0 heteroatoms. The van der Waals surface area contributed by atoms with E-state index in [0.717, 1.165) is 11.8 Å². The van der Waals surface area contributed by atoms with E-state index in [9.17, 15) is 0 Å². The van der Waals surface area contributed by atoms with Gasteiger partial charge in [-0.3, -0.25) is 0 Å². The first-order valence-electron chi connectivity index (χ1n) is 7.00. The van der Waals surface area contributed by atoms with Gasteiger partial charge in [0.1, 0.15) is 0 Å². The van der Waals surface area contributed by atoms with Gasteiger partial charge in [-0.1, -0.05) is 39.0 Å². The predicted molar refractivity (Wildman–Crippen MR) is 75.4 cm³/mol. The molecule has 1 saturated carbocycles. The van der Waals surface area contributed by atoms with Gasteiger partial charge in [-0.15, -0.1) is 0 Å². The molecule has 0 aliphatic heterocycles. The Morgan fingerprint density at radius 2 is 1.76 bits per heavy atom. The number of aryl methyl sites for hydroxylation is 2. The molecule has 2 rings (SSSR count). The normalized spacial score (nSPS) is 33.7. The van der Waals surface area contributed by atoms with E-state index in [0.29, 0.717) is 5.41 Å². The second kappa shape index (κ2) is 4.48. The van der Waals surface area contributed by atoms with Crippen LogP contribution in [0, 0.1) is 25.7 Å².